The maximum atomic E-state index is 13.5. The predicted octanol–water partition coefficient (Wildman–Crippen LogP) is 1.71. The molecule has 9 nitrogen and oxygen atoms in total. The van der Waals surface area contributed by atoms with Crippen molar-refractivity contribution in [3.63, 3.8) is 0 Å². The summed E-state index contributed by atoms with van der Waals surface area (Å²) >= 11 is 0. The molecular formula is C21H16N2O7S2. The summed E-state index contributed by atoms with van der Waals surface area (Å²) in [5.41, 5.74) is 1.32. The Balaban J connectivity index is 2.05. The van der Waals surface area contributed by atoms with E-state index in [0.717, 1.165) is 12.5 Å². The van der Waals surface area contributed by atoms with Crippen LogP contribution in [0.1, 0.15) is 26.3 Å². The van der Waals surface area contributed by atoms with Crippen LogP contribution in [-0.2, 0) is 24.7 Å². The van der Waals surface area contributed by atoms with Gasteiger partial charge in [0.25, 0.3) is 5.91 Å². The molecule has 0 heterocycles. The van der Waals surface area contributed by atoms with Crippen LogP contribution in [0.15, 0.2) is 47.4 Å². The highest BCUT2D eigenvalue weighted by atomic mass is 32.2. The van der Waals surface area contributed by atoms with Gasteiger partial charge < -0.3 is 5.32 Å². The molecule has 0 atom stereocenters. The van der Waals surface area contributed by atoms with Crippen LogP contribution < -0.4 is 10.0 Å². The number of ketones is 1. The predicted molar refractivity (Wildman–Crippen MR) is 118 cm³/mol. The van der Waals surface area contributed by atoms with E-state index < -0.39 is 31.6 Å². The van der Waals surface area contributed by atoms with Crippen LogP contribution in [0.4, 0.5) is 5.69 Å². The average molecular weight is 473 g/mol. The minimum absolute atomic E-state index is 0.0622. The van der Waals surface area contributed by atoms with Crippen molar-refractivity contribution >= 4 is 54.4 Å². The quantitative estimate of drug-likeness (QED) is 0.421. The van der Waals surface area contributed by atoms with Crippen molar-refractivity contribution in [2.75, 3.05) is 17.8 Å². The Labute approximate surface area is 183 Å². The fourth-order valence-corrected chi connectivity index (χ4v) is 5.18. The second-order valence-electron chi connectivity index (χ2n) is 7.35. The lowest BCUT2D eigenvalue weighted by Gasteiger charge is -2.23. The highest BCUT2D eigenvalue weighted by molar-refractivity contribution is 7.90. The summed E-state index contributed by atoms with van der Waals surface area (Å²) < 4.78 is 49.5. The van der Waals surface area contributed by atoms with Crippen molar-refractivity contribution in [3.05, 3.63) is 59.2 Å². The molecule has 1 aliphatic carbocycles. The first-order valence-electron chi connectivity index (χ1n) is 9.13. The molecule has 11 heteroatoms. The molecule has 0 fully saturated rings. The third-order valence-electron chi connectivity index (χ3n) is 5.08. The first-order valence-corrected chi connectivity index (χ1v) is 12.9. The van der Waals surface area contributed by atoms with Crippen LogP contribution in [0.5, 0.6) is 0 Å². The third kappa shape index (κ3) is 3.55. The summed E-state index contributed by atoms with van der Waals surface area (Å²) in [6.07, 6.45) is 2.29. The fraction of sp³-hybridized carbons (Fsp3) is 0.0952. The number of hydrogen-bond acceptors (Lipinski definition) is 7. The summed E-state index contributed by atoms with van der Waals surface area (Å²) in [5, 5.41) is 3.39. The molecule has 2 amide bonds. The molecule has 4 rings (SSSR count). The van der Waals surface area contributed by atoms with E-state index in [1.54, 1.807) is 12.1 Å². The van der Waals surface area contributed by atoms with E-state index in [1.807, 2.05) is 4.72 Å². The lowest BCUT2D eigenvalue weighted by Crippen LogP contribution is -2.29. The van der Waals surface area contributed by atoms with E-state index in [-0.39, 0.29) is 21.6 Å². The minimum atomic E-state index is -3.82. The van der Waals surface area contributed by atoms with Crippen molar-refractivity contribution in [1.82, 2.24) is 4.72 Å². The molecule has 0 spiro atoms. The van der Waals surface area contributed by atoms with Gasteiger partial charge in [-0.2, -0.15) is 0 Å². The van der Waals surface area contributed by atoms with Crippen LogP contribution in [0, 0.1) is 0 Å². The van der Waals surface area contributed by atoms with Crippen molar-refractivity contribution in [1.29, 1.82) is 0 Å². The van der Waals surface area contributed by atoms with Gasteiger partial charge in [0.2, 0.25) is 16.4 Å². The number of fused-ring (bicyclic) bond motifs is 2. The van der Waals surface area contributed by atoms with E-state index in [9.17, 15) is 31.2 Å². The number of nitrogens with one attached hydrogen (secondary N) is 2. The number of sulfone groups is 1. The number of benzene rings is 3. The maximum absolute atomic E-state index is 13.5. The molecule has 0 radical (unpaired) electrons. The highest BCUT2D eigenvalue weighted by Crippen LogP contribution is 2.44. The van der Waals surface area contributed by atoms with Crippen LogP contribution in [-0.4, -0.2) is 47.4 Å². The van der Waals surface area contributed by atoms with Gasteiger partial charge in [0.05, 0.1) is 11.2 Å². The summed E-state index contributed by atoms with van der Waals surface area (Å²) in [5.74, 6) is -1.54. The number of carbonyl (C=O) groups is 3. The van der Waals surface area contributed by atoms with Gasteiger partial charge in [-0.05, 0) is 35.4 Å². The molecule has 3 aromatic rings. The summed E-state index contributed by atoms with van der Waals surface area (Å²) in [7, 11) is -7.62. The minimum Gasteiger partial charge on any atom is -0.328 e. The largest absolute Gasteiger partial charge is 0.328 e. The second kappa shape index (κ2) is 7.24. The maximum Gasteiger partial charge on any atom is 0.264 e. The van der Waals surface area contributed by atoms with Crippen LogP contribution in [0.25, 0.3) is 21.9 Å². The Morgan fingerprint density at radius 3 is 2.22 bits per heavy atom. The molecule has 0 unspecified atom stereocenters. The van der Waals surface area contributed by atoms with Crippen molar-refractivity contribution in [3.8, 4) is 11.1 Å². The van der Waals surface area contributed by atoms with Gasteiger partial charge in [0.1, 0.15) is 0 Å². The zero-order valence-corrected chi connectivity index (χ0v) is 18.4. The first kappa shape index (κ1) is 21.7. The van der Waals surface area contributed by atoms with Gasteiger partial charge in [-0.15, -0.1) is 0 Å². The monoisotopic (exact) mass is 472 g/mol. The number of rotatable bonds is 5. The van der Waals surface area contributed by atoms with Gasteiger partial charge in [-0.25, -0.2) is 21.6 Å². The number of sulfonamides is 1. The zero-order chi connectivity index (χ0) is 23.4. The van der Waals surface area contributed by atoms with Crippen molar-refractivity contribution in [2.24, 2.45) is 0 Å². The van der Waals surface area contributed by atoms with E-state index >= 15 is 0 Å². The van der Waals surface area contributed by atoms with Gasteiger partial charge >= 0.3 is 0 Å². The lowest BCUT2D eigenvalue weighted by atomic mass is 9.81. The van der Waals surface area contributed by atoms with E-state index in [2.05, 4.69) is 5.32 Å². The first-order chi connectivity index (χ1) is 14.9. The molecule has 2 N–H and O–H groups in total. The Hall–Kier alpha value is -3.57. The van der Waals surface area contributed by atoms with Crippen LogP contribution in [0.3, 0.4) is 0 Å². The van der Waals surface area contributed by atoms with Crippen molar-refractivity contribution in [2.45, 2.75) is 4.90 Å². The second-order valence-corrected chi connectivity index (χ2v) is 11.1. The standard InChI is InChI=1S/C21H16N2O7S2/c1-31(27,28)17-8-6-14-16(22-10-24)7-5-13-12-4-3-11(21(26)23-32(2,29)30)9-15(12)20(25)19(17)18(13)14/h3-10H,1-2H3,(H,22,24)(H,23,26). The Morgan fingerprint density at radius 1 is 0.906 bits per heavy atom. The molecule has 0 saturated heterocycles. The lowest BCUT2D eigenvalue weighted by molar-refractivity contribution is -0.105. The number of hydrogen-bond donors (Lipinski definition) is 2. The van der Waals surface area contributed by atoms with E-state index in [4.69, 9.17) is 0 Å². The summed E-state index contributed by atoms with van der Waals surface area (Å²) in [4.78, 5) is 36.6. The SMILES string of the molecule is CS(=O)(=O)NC(=O)c1ccc2c(c1)C(=O)c1c(S(C)(=O)=O)ccc3c(NC=O)ccc-2c13. The third-order valence-corrected chi connectivity index (χ3v) is 6.77. The molecule has 3 aromatic carbocycles. The molecule has 0 saturated carbocycles. The molecule has 0 aliphatic heterocycles. The summed E-state index contributed by atoms with van der Waals surface area (Å²) in [6.45, 7) is 0. The van der Waals surface area contributed by atoms with Gasteiger partial charge in [0, 0.05) is 39.4 Å². The van der Waals surface area contributed by atoms with Gasteiger partial charge in [0.15, 0.2) is 15.6 Å². The highest BCUT2D eigenvalue weighted by Gasteiger charge is 2.32. The molecule has 1 aliphatic rings. The van der Waals surface area contributed by atoms with E-state index in [1.165, 1.54) is 30.3 Å². The Kier molecular flexibility index (Phi) is 4.90. The van der Waals surface area contributed by atoms with Gasteiger partial charge in [-0.3, -0.25) is 14.4 Å². The fourth-order valence-electron chi connectivity index (χ4n) is 3.85. The average Bonchev–Trinajstić information content (AvgIpc) is 2.70. The number of anilines is 1. The van der Waals surface area contributed by atoms with Crippen LogP contribution >= 0.6 is 0 Å². The molecule has 164 valence electrons. The molecule has 0 bridgehead atoms. The number of amides is 2. The Bertz CT molecular complexity index is 1570. The van der Waals surface area contributed by atoms with Crippen molar-refractivity contribution < 1.29 is 31.2 Å². The van der Waals surface area contributed by atoms with E-state index in [0.29, 0.717) is 34.0 Å². The zero-order valence-electron chi connectivity index (χ0n) is 16.8. The van der Waals surface area contributed by atoms with Gasteiger partial charge in [-0.1, -0.05) is 18.2 Å². The Morgan fingerprint density at radius 2 is 1.59 bits per heavy atom. The molecule has 0 aromatic heterocycles. The summed E-state index contributed by atoms with van der Waals surface area (Å²) in [6, 6.07) is 10.2. The smallest absolute Gasteiger partial charge is 0.264 e. The number of carbonyl (C=O) groups excluding carboxylic acids is 3. The normalized spacial score (nSPS) is 12.9. The topological polar surface area (TPSA) is 144 Å². The molecular weight excluding hydrogens is 456 g/mol. The van der Waals surface area contributed by atoms with Crippen LogP contribution in [0.2, 0.25) is 0 Å². The molecule has 32 heavy (non-hydrogen) atoms.